The fourth-order valence-corrected chi connectivity index (χ4v) is 4.54. The van der Waals surface area contributed by atoms with Crippen LogP contribution in [0.3, 0.4) is 0 Å². The fraction of sp³-hybridized carbons (Fsp3) is 0.895. The average molecular weight is 336 g/mol. The Kier molecular flexibility index (Phi) is 6.14. The van der Waals surface area contributed by atoms with E-state index in [1.165, 1.54) is 25.7 Å². The van der Waals surface area contributed by atoms with E-state index >= 15 is 0 Å². The number of ether oxygens (including phenoxy) is 1. The maximum absolute atomic E-state index is 12.9. The number of piperidine rings is 1. The van der Waals surface area contributed by atoms with Crippen LogP contribution < -0.4 is 0 Å². The number of carbonyl (C=O) groups excluding carboxylic acids is 2. The third kappa shape index (κ3) is 4.11. The molecular weight excluding hydrogens is 304 g/mol. The Labute approximate surface area is 145 Å². The van der Waals surface area contributed by atoms with E-state index in [0.717, 1.165) is 38.9 Å². The number of nitrogens with zero attached hydrogens (tertiary/aromatic N) is 2. The minimum Gasteiger partial charge on any atom is -0.381 e. The Morgan fingerprint density at radius 1 is 1.04 bits per heavy atom. The summed E-state index contributed by atoms with van der Waals surface area (Å²) in [6, 6.07) is 0.666. The molecule has 3 fully saturated rings. The van der Waals surface area contributed by atoms with Crippen molar-refractivity contribution in [3.63, 3.8) is 0 Å². The van der Waals surface area contributed by atoms with Crippen molar-refractivity contribution < 1.29 is 14.3 Å². The monoisotopic (exact) mass is 336 g/mol. The molecule has 0 aromatic rings. The van der Waals surface area contributed by atoms with Gasteiger partial charge in [-0.2, -0.15) is 0 Å². The lowest BCUT2D eigenvalue weighted by Crippen LogP contribution is -2.52. The Morgan fingerprint density at radius 2 is 1.71 bits per heavy atom. The number of rotatable bonds is 3. The van der Waals surface area contributed by atoms with E-state index in [9.17, 15) is 9.59 Å². The molecule has 136 valence electrons. The van der Waals surface area contributed by atoms with Crippen LogP contribution >= 0.6 is 0 Å². The molecule has 1 atom stereocenters. The van der Waals surface area contributed by atoms with E-state index in [1.54, 1.807) is 0 Å². The van der Waals surface area contributed by atoms with Crippen molar-refractivity contribution in [2.45, 2.75) is 76.3 Å². The van der Waals surface area contributed by atoms with Gasteiger partial charge in [-0.1, -0.05) is 25.7 Å². The second-order valence-electron chi connectivity index (χ2n) is 7.72. The highest BCUT2D eigenvalue weighted by molar-refractivity contribution is 5.84. The van der Waals surface area contributed by atoms with Gasteiger partial charge in [-0.25, -0.2) is 0 Å². The van der Waals surface area contributed by atoms with Gasteiger partial charge >= 0.3 is 0 Å². The summed E-state index contributed by atoms with van der Waals surface area (Å²) in [6.07, 6.45) is 10.3. The predicted octanol–water partition coefficient (Wildman–Crippen LogP) is 2.59. The lowest BCUT2D eigenvalue weighted by molar-refractivity contribution is -0.146. The highest BCUT2D eigenvalue weighted by Crippen LogP contribution is 2.28. The molecule has 2 aliphatic heterocycles. The van der Waals surface area contributed by atoms with E-state index in [2.05, 4.69) is 4.90 Å². The van der Waals surface area contributed by atoms with E-state index < -0.39 is 0 Å². The molecule has 0 spiro atoms. The largest absolute Gasteiger partial charge is 0.381 e. The van der Waals surface area contributed by atoms with Crippen LogP contribution in [0.4, 0.5) is 0 Å². The third-order valence-corrected chi connectivity index (χ3v) is 6.14. The zero-order valence-electron chi connectivity index (χ0n) is 15.0. The van der Waals surface area contributed by atoms with Gasteiger partial charge in [0, 0.05) is 45.3 Å². The standard InChI is InChI=1S/C19H32N2O3/c1-20(16-10-12-24-13-11-16)19(23)15-8-9-18(22)21(14-15)17-6-4-2-3-5-7-17/h15-17H,2-14H2,1H3. The SMILES string of the molecule is CN(C(=O)C1CCC(=O)N(C2CCCCCC2)C1)C1CCOCC1. The van der Waals surface area contributed by atoms with Gasteiger partial charge < -0.3 is 14.5 Å². The Bertz CT molecular complexity index is 440. The smallest absolute Gasteiger partial charge is 0.227 e. The van der Waals surface area contributed by atoms with Crippen LogP contribution in [0.1, 0.15) is 64.2 Å². The topological polar surface area (TPSA) is 49.9 Å². The van der Waals surface area contributed by atoms with Crippen LogP contribution in [0.25, 0.3) is 0 Å². The number of carbonyl (C=O) groups is 2. The number of hydrogen-bond acceptors (Lipinski definition) is 3. The maximum Gasteiger partial charge on any atom is 0.227 e. The highest BCUT2D eigenvalue weighted by Gasteiger charge is 2.36. The summed E-state index contributed by atoms with van der Waals surface area (Å²) < 4.78 is 5.41. The summed E-state index contributed by atoms with van der Waals surface area (Å²) in [6.45, 7) is 2.13. The van der Waals surface area contributed by atoms with Crippen LogP contribution in [0, 0.1) is 5.92 Å². The molecule has 5 heteroatoms. The van der Waals surface area contributed by atoms with Crippen molar-refractivity contribution in [3.8, 4) is 0 Å². The predicted molar refractivity (Wildman–Crippen MR) is 92.5 cm³/mol. The number of amides is 2. The lowest BCUT2D eigenvalue weighted by Gasteiger charge is -2.40. The molecule has 3 rings (SSSR count). The zero-order chi connectivity index (χ0) is 16.9. The number of hydrogen-bond donors (Lipinski definition) is 0. The van der Waals surface area contributed by atoms with Crippen LogP contribution in [0.2, 0.25) is 0 Å². The van der Waals surface area contributed by atoms with Crippen LogP contribution in [0.5, 0.6) is 0 Å². The molecule has 0 N–H and O–H groups in total. The van der Waals surface area contributed by atoms with Gasteiger partial charge in [0.15, 0.2) is 0 Å². The van der Waals surface area contributed by atoms with Crippen molar-refractivity contribution in [1.29, 1.82) is 0 Å². The Hall–Kier alpha value is -1.10. The molecule has 0 aromatic carbocycles. The van der Waals surface area contributed by atoms with Gasteiger partial charge in [0.25, 0.3) is 0 Å². The highest BCUT2D eigenvalue weighted by atomic mass is 16.5. The van der Waals surface area contributed by atoms with Crippen molar-refractivity contribution in [2.24, 2.45) is 5.92 Å². The summed E-state index contributed by atoms with van der Waals surface area (Å²) in [5, 5.41) is 0. The van der Waals surface area contributed by atoms with Gasteiger partial charge in [-0.3, -0.25) is 9.59 Å². The first kappa shape index (κ1) is 17.7. The summed E-state index contributed by atoms with van der Waals surface area (Å²) in [7, 11) is 1.94. The summed E-state index contributed by atoms with van der Waals surface area (Å²) in [4.78, 5) is 29.4. The second kappa shape index (κ2) is 8.32. The maximum atomic E-state index is 12.9. The lowest BCUT2D eigenvalue weighted by atomic mass is 9.92. The van der Waals surface area contributed by atoms with Crippen molar-refractivity contribution in [2.75, 3.05) is 26.8 Å². The Balaban J connectivity index is 1.61. The average Bonchev–Trinajstić information content (AvgIpc) is 2.91. The minimum atomic E-state index is -0.0150. The van der Waals surface area contributed by atoms with E-state index in [0.29, 0.717) is 31.5 Å². The molecule has 3 aliphatic rings. The molecule has 5 nitrogen and oxygen atoms in total. The number of likely N-dealkylation sites (tertiary alicyclic amines) is 1. The first-order valence-corrected chi connectivity index (χ1v) is 9.80. The van der Waals surface area contributed by atoms with E-state index in [4.69, 9.17) is 4.74 Å². The molecule has 1 unspecified atom stereocenters. The zero-order valence-corrected chi connectivity index (χ0v) is 15.0. The molecule has 0 radical (unpaired) electrons. The molecule has 1 aliphatic carbocycles. The van der Waals surface area contributed by atoms with Crippen LogP contribution in [-0.4, -0.2) is 60.5 Å². The molecule has 0 bridgehead atoms. The molecule has 2 saturated heterocycles. The summed E-state index contributed by atoms with van der Waals surface area (Å²) in [5.74, 6) is 0.478. The third-order valence-electron chi connectivity index (χ3n) is 6.14. The summed E-state index contributed by atoms with van der Waals surface area (Å²) in [5.41, 5.74) is 0. The van der Waals surface area contributed by atoms with E-state index in [1.807, 2.05) is 11.9 Å². The first-order chi connectivity index (χ1) is 11.7. The van der Waals surface area contributed by atoms with Crippen molar-refractivity contribution >= 4 is 11.8 Å². The summed E-state index contributed by atoms with van der Waals surface area (Å²) >= 11 is 0. The van der Waals surface area contributed by atoms with Crippen molar-refractivity contribution in [3.05, 3.63) is 0 Å². The first-order valence-electron chi connectivity index (χ1n) is 9.80. The van der Waals surface area contributed by atoms with Crippen LogP contribution in [0.15, 0.2) is 0 Å². The second-order valence-corrected chi connectivity index (χ2v) is 7.72. The normalized spacial score (nSPS) is 27.8. The van der Waals surface area contributed by atoms with Gasteiger partial charge in [-0.15, -0.1) is 0 Å². The minimum absolute atomic E-state index is 0.0150. The van der Waals surface area contributed by atoms with Gasteiger partial charge in [0.1, 0.15) is 0 Å². The fourth-order valence-electron chi connectivity index (χ4n) is 4.54. The molecule has 1 saturated carbocycles. The van der Waals surface area contributed by atoms with Gasteiger partial charge in [-0.05, 0) is 32.1 Å². The molecule has 24 heavy (non-hydrogen) atoms. The molecule has 2 amide bonds. The van der Waals surface area contributed by atoms with Gasteiger partial charge in [0.2, 0.25) is 11.8 Å². The van der Waals surface area contributed by atoms with Crippen LogP contribution in [-0.2, 0) is 14.3 Å². The van der Waals surface area contributed by atoms with Gasteiger partial charge in [0.05, 0.1) is 5.92 Å². The quantitative estimate of drug-likeness (QED) is 0.744. The molecular formula is C19H32N2O3. The molecule has 2 heterocycles. The van der Waals surface area contributed by atoms with E-state index in [-0.39, 0.29) is 17.7 Å². The van der Waals surface area contributed by atoms with Crippen molar-refractivity contribution in [1.82, 2.24) is 9.80 Å². The molecule has 0 aromatic heterocycles. The Morgan fingerprint density at radius 3 is 2.38 bits per heavy atom.